The Balaban J connectivity index is 2.73. The van der Waals surface area contributed by atoms with E-state index >= 15 is 0 Å². The number of carbonyl (C=O) groups is 1. The van der Waals surface area contributed by atoms with Gasteiger partial charge in [0, 0.05) is 23.1 Å². The first-order valence-electron chi connectivity index (χ1n) is 3.59. The highest BCUT2D eigenvalue weighted by Gasteiger charge is 2.25. The predicted octanol–water partition coefficient (Wildman–Crippen LogP) is 1.43. The average Bonchev–Trinajstić information content (AvgIpc) is 2.30. The minimum Gasteiger partial charge on any atom is -0.504 e. The third-order valence-electron chi connectivity index (χ3n) is 1.63. The molecule has 0 saturated heterocycles. The molecule has 0 radical (unpaired) electrons. The fraction of sp³-hybridized carbons (Fsp3) is 0.375. The summed E-state index contributed by atoms with van der Waals surface area (Å²) in [6, 6.07) is 0. The summed E-state index contributed by atoms with van der Waals surface area (Å²) in [6.45, 7) is 0.0230. The van der Waals surface area contributed by atoms with Crippen molar-refractivity contribution in [3.8, 4) is 0 Å². The molecule has 12 heavy (non-hydrogen) atoms. The maximum atomic E-state index is 11.1. The van der Waals surface area contributed by atoms with Crippen molar-refractivity contribution in [3.05, 3.63) is 21.9 Å². The van der Waals surface area contributed by atoms with E-state index in [-0.39, 0.29) is 18.1 Å². The summed E-state index contributed by atoms with van der Waals surface area (Å²) in [7, 11) is 0. The number of carbonyl (C=O) groups excluding carboxylic acids is 1. The van der Waals surface area contributed by atoms with Crippen LogP contribution >= 0.6 is 15.9 Å². The molecule has 1 aliphatic rings. The number of aliphatic hydroxyl groups is 2. The van der Waals surface area contributed by atoms with Gasteiger partial charge in [0.1, 0.15) is 0 Å². The number of rotatable bonds is 2. The van der Waals surface area contributed by atoms with E-state index in [1.807, 2.05) is 0 Å². The Bertz CT molecular complexity index is 265. The van der Waals surface area contributed by atoms with E-state index in [2.05, 4.69) is 15.9 Å². The van der Waals surface area contributed by atoms with Crippen LogP contribution in [0.3, 0.4) is 0 Å². The molecule has 1 rings (SSSR count). The van der Waals surface area contributed by atoms with Gasteiger partial charge in [-0.05, 0) is 6.42 Å². The van der Waals surface area contributed by atoms with Crippen LogP contribution < -0.4 is 0 Å². The van der Waals surface area contributed by atoms with Crippen molar-refractivity contribution in [1.29, 1.82) is 0 Å². The zero-order chi connectivity index (χ0) is 9.14. The van der Waals surface area contributed by atoms with Crippen molar-refractivity contribution in [1.82, 2.24) is 0 Å². The molecule has 0 spiro atoms. The van der Waals surface area contributed by atoms with Gasteiger partial charge in [-0.1, -0.05) is 22.0 Å². The summed E-state index contributed by atoms with van der Waals surface area (Å²) in [5.41, 5.74) is 0.549. The fourth-order valence-corrected chi connectivity index (χ4v) is 1.49. The molecule has 66 valence electrons. The number of Topliss-reactive ketones (excluding diaryl/α,β-unsaturated/α-hetero) is 1. The lowest BCUT2D eigenvalue weighted by molar-refractivity contribution is -0.114. The molecule has 0 amide bonds. The summed E-state index contributed by atoms with van der Waals surface area (Å²) in [6.07, 6.45) is 2.53. The van der Waals surface area contributed by atoms with Crippen LogP contribution in [0.2, 0.25) is 0 Å². The molecule has 1 aliphatic carbocycles. The summed E-state index contributed by atoms with van der Waals surface area (Å²) in [5, 5.41) is 17.6. The second kappa shape index (κ2) is 3.87. The largest absolute Gasteiger partial charge is 0.504 e. The Morgan fingerprint density at radius 1 is 1.58 bits per heavy atom. The molecule has 4 heteroatoms. The molecule has 0 bridgehead atoms. The molecule has 0 fully saturated rings. The predicted molar refractivity (Wildman–Crippen MR) is 48.0 cm³/mol. The molecule has 0 aromatic carbocycles. The van der Waals surface area contributed by atoms with E-state index in [1.165, 1.54) is 0 Å². The van der Waals surface area contributed by atoms with Gasteiger partial charge >= 0.3 is 0 Å². The molecule has 0 saturated carbocycles. The third-order valence-corrected chi connectivity index (χ3v) is 2.29. The average molecular weight is 233 g/mol. The van der Waals surface area contributed by atoms with Gasteiger partial charge in [0.2, 0.25) is 5.78 Å². The van der Waals surface area contributed by atoms with E-state index < -0.39 is 0 Å². The second-order valence-corrected chi connectivity index (χ2v) is 3.46. The van der Waals surface area contributed by atoms with E-state index in [1.54, 1.807) is 6.08 Å². The lowest BCUT2D eigenvalue weighted by atomic mass is 10.1. The van der Waals surface area contributed by atoms with Crippen molar-refractivity contribution in [2.45, 2.75) is 12.8 Å². The van der Waals surface area contributed by atoms with Gasteiger partial charge in [-0.25, -0.2) is 0 Å². The minimum atomic E-state index is -0.338. The Labute approximate surface area is 78.5 Å². The number of halogens is 1. The fourth-order valence-electron chi connectivity index (χ4n) is 1.01. The minimum absolute atomic E-state index is 0.0230. The first kappa shape index (κ1) is 9.48. The highest BCUT2D eigenvalue weighted by atomic mass is 79.9. The number of hydrogen-bond donors (Lipinski definition) is 2. The molecule has 0 aromatic rings. The number of allylic oxidation sites excluding steroid dienone is 2. The zero-order valence-corrected chi connectivity index (χ0v) is 7.97. The topological polar surface area (TPSA) is 57.5 Å². The maximum absolute atomic E-state index is 11.1. The summed E-state index contributed by atoms with van der Waals surface area (Å²) < 4.78 is 0.525. The number of ketones is 1. The summed E-state index contributed by atoms with van der Waals surface area (Å²) >= 11 is 3.08. The smallest absolute Gasteiger partial charge is 0.224 e. The van der Waals surface area contributed by atoms with Crippen LogP contribution in [0.5, 0.6) is 0 Å². The van der Waals surface area contributed by atoms with Crippen LogP contribution in [0.25, 0.3) is 0 Å². The summed E-state index contributed by atoms with van der Waals surface area (Å²) in [4.78, 5) is 11.1. The molecule has 2 N–H and O–H groups in total. The summed E-state index contributed by atoms with van der Waals surface area (Å²) in [5.74, 6) is -0.547. The van der Waals surface area contributed by atoms with Crippen molar-refractivity contribution < 1.29 is 15.0 Å². The van der Waals surface area contributed by atoms with Gasteiger partial charge in [0.25, 0.3) is 0 Å². The van der Waals surface area contributed by atoms with Crippen molar-refractivity contribution in [3.63, 3.8) is 0 Å². The molecular weight excluding hydrogens is 224 g/mol. The van der Waals surface area contributed by atoms with Crippen LogP contribution in [0.4, 0.5) is 0 Å². The van der Waals surface area contributed by atoms with Gasteiger partial charge in [-0.15, -0.1) is 0 Å². The van der Waals surface area contributed by atoms with Crippen LogP contribution in [0.1, 0.15) is 12.8 Å². The van der Waals surface area contributed by atoms with Crippen LogP contribution in [-0.4, -0.2) is 22.6 Å². The molecular formula is C8H9BrO3. The Morgan fingerprint density at radius 3 is 2.67 bits per heavy atom. The lowest BCUT2D eigenvalue weighted by Crippen LogP contribution is -1.98. The highest BCUT2D eigenvalue weighted by molar-refractivity contribution is 9.11. The first-order valence-corrected chi connectivity index (χ1v) is 4.38. The van der Waals surface area contributed by atoms with Gasteiger partial charge < -0.3 is 10.2 Å². The Morgan fingerprint density at radius 2 is 2.25 bits per heavy atom. The lowest BCUT2D eigenvalue weighted by Gasteiger charge is -1.92. The van der Waals surface area contributed by atoms with Crippen molar-refractivity contribution in [2.24, 2.45) is 0 Å². The van der Waals surface area contributed by atoms with E-state index in [4.69, 9.17) is 10.2 Å². The molecule has 0 atom stereocenters. The van der Waals surface area contributed by atoms with Crippen LogP contribution in [0, 0.1) is 0 Å². The third kappa shape index (κ3) is 1.76. The standard InChI is InChI=1S/C8H9BrO3/c9-6-4-5(2-1-3-10)7(11)8(6)12/h2,10,12H,1,3-4H2/b5-2+. The Hall–Kier alpha value is -0.610. The molecule has 3 nitrogen and oxygen atoms in total. The van der Waals surface area contributed by atoms with Crippen molar-refractivity contribution in [2.75, 3.05) is 6.61 Å². The van der Waals surface area contributed by atoms with Gasteiger partial charge in [0.05, 0.1) is 0 Å². The monoisotopic (exact) mass is 232 g/mol. The second-order valence-electron chi connectivity index (χ2n) is 2.50. The normalized spacial score (nSPS) is 21.2. The quantitative estimate of drug-likeness (QED) is 0.709. The molecule has 0 aromatic heterocycles. The SMILES string of the molecule is O=C1C(O)=C(Br)C/C1=C\CCO. The maximum Gasteiger partial charge on any atom is 0.224 e. The van der Waals surface area contributed by atoms with Gasteiger partial charge in [-0.3, -0.25) is 4.79 Å². The zero-order valence-electron chi connectivity index (χ0n) is 6.38. The van der Waals surface area contributed by atoms with Gasteiger partial charge in [-0.2, -0.15) is 0 Å². The van der Waals surface area contributed by atoms with E-state index in [0.29, 0.717) is 22.9 Å². The molecule has 0 heterocycles. The molecule has 0 aliphatic heterocycles. The van der Waals surface area contributed by atoms with Crippen LogP contribution in [0.15, 0.2) is 21.9 Å². The highest BCUT2D eigenvalue weighted by Crippen LogP contribution is 2.30. The van der Waals surface area contributed by atoms with E-state index in [0.717, 1.165) is 0 Å². The molecule has 0 unspecified atom stereocenters. The number of aliphatic hydroxyl groups excluding tert-OH is 2. The van der Waals surface area contributed by atoms with Crippen molar-refractivity contribution >= 4 is 21.7 Å². The number of hydrogen-bond acceptors (Lipinski definition) is 3. The Kier molecular flexibility index (Phi) is 3.05. The van der Waals surface area contributed by atoms with E-state index in [9.17, 15) is 4.79 Å². The van der Waals surface area contributed by atoms with Gasteiger partial charge in [0.15, 0.2) is 5.76 Å². The first-order chi connectivity index (χ1) is 5.66. The van der Waals surface area contributed by atoms with Crippen LogP contribution in [-0.2, 0) is 4.79 Å².